The highest BCUT2D eigenvalue weighted by atomic mass is 15.2. The van der Waals surface area contributed by atoms with Crippen LogP contribution in [0.4, 0.5) is 0 Å². The van der Waals surface area contributed by atoms with E-state index in [4.69, 9.17) is 0 Å². The Hall–Kier alpha value is -0.0800. The van der Waals surface area contributed by atoms with Crippen LogP contribution in [0.5, 0.6) is 0 Å². The molecule has 2 rings (SSSR count). The minimum atomic E-state index is 0.258. The predicted molar refractivity (Wildman–Crippen MR) is 88.1 cm³/mol. The van der Waals surface area contributed by atoms with Gasteiger partial charge in [0.15, 0.2) is 0 Å². The molecule has 2 fully saturated rings. The molecule has 20 heavy (non-hydrogen) atoms. The number of hydrogen-bond acceptors (Lipinski definition) is 2. The predicted octanol–water partition coefficient (Wildman–Crippen LogP) is 4.06. The highest BCUT2D eigenvalue weighted by Gasteiger charge is 2.33. The van der Waals surface area contributed by atoms with Crippen LogP contribution in [0.3, 0.4) is 0 Å². The van der Waals surface area contributed by atoms with Gasteiger partial charge in [0.25, 0.3) is 0 Å². The lowest BCUT2D eigenvalue weighted by Gasteiger charge is -2.42. The first-order chi connectivity index (χ1) is 9.50. The number of rotatable bonds is 5. The van der Waals surface area contributed by atoms with Crippen LogP contribution in [0.25, 0.3) is 0 Å². The van der Waals surface area contributed by atoms with Gasteiger partial charge in [-0.3, -0.25) is 0 Å². The van der Waals surface area contributed by atoms with Crippen molar-refractivity contribution >= 4 is 0 Å². The van der Waals surface area contributed by atoms with Gasteiger partial charge in [0.2, 0.25) is 0 Å². The van der Waals surface area contributed by atoms with Crippen LogP contribution in [-0.4, -0.2) is 37.1 Å². The molecule has 0 radical (unpaired) electrons. The maximum atomic E-state index is 3.95. The minimum Gasteiger partial charge on any atom is -0.312 e. The van der Waals surface area contributed by atoms with E-state index in [1.807, 2.05) is 0 Å². The monoisotopic (exact) mass is 280 g/mol. The van der Waals surface area contributed by atoms with E-state index in [0.717, 1.165) is 24.4 Å². The summed E-state index contributed by atoms with van der Waals surface area (Å²) in [6, 6.07) is 0.783. The van der Waals surface area contributed by atoms with Crippen molar-refractivity contribution in [3.8, 4) is 0 Å². The average molecular weight is 280 g/mol. The van der Waals surface area contributed by atoms with Crippen LogP contribution in [0, 0.1) is 11.8 Å². The molecule has 0 aromatic carbocycles. The topological polar surface area (TPSA) is 15.3 Å². The van der Waals surface area contributed by atoms with Gasteiger partial charge in [0.1, 0.15) is 0 Å². The molecule has 2 nitrogen and oxygen atoms in total. The third-order valence-corrected chi connectivity index (χ3v) is 6.08. The van der Waals surface area contributed by atoms with Crippen LogP contribution in [0.15, 0.2) is 0 Å². The van der Waals surface area contributed by atoms with Gasteiger partial charge < -0.3 is 10.2 Å². The van der Waals surface area contributed by atoms with Crippen molar-refractivity contribution < 1.29 is 0 Å². The first-order valence-electron chi connectivity index (χ1n) is 8.91. The van der Waals surface area contributed by atoms with Gasteiger partial charge in [0.05, 0.1) is 0 Å². The molecule has 0 aromatic rings. The summed E-state index contributed by atoms with van der Waals surface area (Å²) in [5, 5.41) is 3.95. The summed E-state index contributed by atoms with van der Waals surface area (Å²) in [7, 11) is 4.39. The minimum absolute atomic E-state index is 0.258. The summed E-state index contributed by atoms with van der Waals surface area (Å²) in [6.45, 7) is 5.81. The van der Waals surface area contributed by atoms with Crippen molar-refractivity contribution in [2.45, 2.75) is 83.2 Å². The molecule has 0 heterocycles. The zero-order chi connectivity index (χ0) is 14.6. The fourth-order valence-electron chi connectivity index (χ4n) is 4.08. The van der Waals surface area contributed by atoms with E-state index in [9.17, 15) is 0 Å². The molecule has 2 saturated carbocycles. The van der Waals surface area contributed by atoms with Crippen molar-refractivity contribution in [3.63, 3.8) is 0 Å². The maximum absolute atomic E-state index is 3.95. The smallest absolute Gasteiger partial charge is 0.0271 e. The molecule has 0 amide bonds. The SMILES string of the molecule is CN(C)C(C)(C)CNC1CCCCC1C1CCCCC1. The molecule has 2 atom stereocenters. The second-order valence-corrected chi connectivity index (χ2v) is 8.04. The van der Waals surface area contributed by atoms with E-state index < -0.39 is 0 Å². The standard InChI is InChI=1S/C18H36N2/c1-18(2,20(3)4)14-19-17-13-9-8-12-16(17)15-10-6-5-7-11-15/h15-17,19H,5-14H2,1-4H3. The van der Waals surface area contributed by atoms with Crippen molar-refractivity contribution in [2.24, 2.45) is 11.8 Å². The Labute approximate surface area is 126 Å². The Balaban J connectivity index is 1.89. The second-order valence-electron chi connectivity index (χ2n) is 8.04. The summed E-state index contributed by atoms with van der Waals surface area (Å²) < 4.78 is 0. The molecule has 2 unspecified atom stereocenters. The van der Waals surface area contributed by atoms with E-state index >= 15 is 0 Å². The van der Waals surface area contributed by atoms with E-state index in [1.165, 1.54) is 57.8 Å². The van der Waals surface area contributed by atoms with Gasteiger partial charge in [-0.2, -0.15) is 0 Å². The Bertz CT molecular complexity index is 279. The van der Waals surface area contributed by atoms with Crippen LogP contribution in [0.1, 0.15) is 71.6 Å². The van der Waals surface area contributed by atoms with E-state index in [0.29, 0.717) is 0 Å². The van der Waals surface area contributed by atoms with E-state index in [2.05, 4.69) is 38.2 Å². The Morgan fingerprint density at radius 1 is 0.900 bits per heavy atom. The molecule has 1 N–H and O–H groups in total. The second kappa shape index (κ2) is 7.26. The molecule has 0 aromatic heterocycles. The van der Waals surface area contributed by atoms with Gasteiger partial charge in [-0.05, 0) is 52.6 Å². The van der Waals surface area contributed by atoms with Crippen LogP contribution >= 0.6 is 0 Å². The third kappa shape index (κ3) is 4.21. The summed E-state index contributed by atoms with van der Waals surface area (Å²) >= 11 is 0. The summed E-state index contributed by atoms with van der Waals surface area (Å²) in [4.78, 5) is 2.35. The first-order valence-corrected chi connectivity index (χ1v) is 8.91. The van der Waals surface area contributed by atoms with Crippen molar-refractivity contribution in [1.29, 1.82) is 0 Å². The van der Waals surface area contributed by atoms with Crippen molar-refractivity contribution in [1.82, 2.24) is 10.2 Å². The fraction of sp³-hybridized carbons (Fsp3) is 1.00. The summed E-state index contributed by atoms with van der Waals surface area (Å²) in [5.74, 6) is 1.98. The van der Waals surface area contributed by atoms with Gasteiger partial charge >= 0.3 is 0 Å². The molecule has 2 aliphatic rings. The Kier molecular flexibility index (Phi) is 5.92. The molecular formula is C18H36N2. The van der Waals surface area contributed by atoms with Gasteiger partial charge in [0, 0.05) is 18.1 Å². The number of hydrogen-bond donors (Lipinski definition) is 1. The number of likely N-dealkylation sites (N-methyl/N-ethyl adjacent to an activating group) is 1. The van der Waals surface area contributed by atoms with Gasteiger partial charge in [-0.15, -0.1) is 0 Å². The van der Waals surface area contributed by atoms with E-state index in [-0.39, 0.29) is 5.54 Å². The molecule has 0 bridgehead atoms. The average Bonchev–Trinajstić information content (AvgIpc) is 2.46. The zero-order valence-electron chi connectivity index (χ0n) is 14.3. The lowest BCUT2D eigenvalue weighted by atomic mass is 9.71. The molecule has 2 heteroatoms. The largest absolute Gasteiger partial charge is 0.312 e. The third-order valence-electron chi connectivity index (χ3n) is 6.08. The highest BCUT2D eigenvalue weighted by molar-refractivity contribution is 4.89. The lowest BCUT2D eigenvalue weighted by molar-refractivity contribution is 0.126. The molecule has 2 aliphatic carbocycles. The normalized spacial score (nSPS) is 29.9. The summed E-state index contributed by atoms with van der Waals surface area (Å²) in [6.07, 6.45) is 13.2. The van der Waals surface area contributed by atoms with Crippen LogP contribution in [-0.2, 0) is 0 Å². The number of nitrogens with zero attached hydrogens (tertiary/aromatic N) is 1. The molecule has 118 valence electrons. The van der Waals surface area contributed by atoms with Gasteiger partial charge in [-0.25, -0.2) is 0 Å². The van der Waals surface area contributed by atoms with Gasteiger partial charge in [-0.1, -0.05) is 44.9 Å². The molecule has 0 saturated heterocycles. The highest BCUT2D eigenvalue weighted by Crippen LogP contribution is 2.38. The zero-order valence-corrected chi connectivity index (χ0v) is 14.3. The maximum Gasteiger partial charge on any atom is 0.0271 e. The first kappa shape index (κ1) is 16.3. The molecular weight excluding hydrogens is 244 g/mol. The number of nitrogens with one attached hydrogen (secondary N) is 1. The van der Waals surface area contributed by atoms with Crippen molar-refractivity contribution in [3.05, 3.63) is 0 Å². The lowest BCUT2D eigenvalue weighted by Crippen LogP contribution is -2.52. The Morgan fingerprint density at radius 3 is 2.15 bits per heavy atom. The van der Waals surface area contributed by atoms with Crippen LogP contribution < -0.4 is 5.32 Å². The fourth-order valence-corrected chi connectivity index (χ4v) is 4.08. The summed E-state index contributed by atoms with van der Waals surface area (Å²) in [5.41, 5.74) is 0.258. The van der Waals surface area contributed by atoms with E-state index in [1.54, 1.807) is 0 Å². The Morgan fingerprint density at radius 2 is 1.50 bits per heavy atom. The van der Waals surface area contributed by atoms with Crippen LogP contribution in [0.2, 0.25) is 0 Å². The quantitative estimate of drug-likeness (QED) is 0.817. The molecule has 0 aliphatic heterocycles. The van der Waals surface area contributed by atoms with Crippen molar-refractivity contribution in [2.75, 3.05) is 20.6 Å². The molecule has 0 spiro atoms.